The molecule has 4 rings (SSSR count). The maximum Gasteiger partial charge on any atom is 0.232 e. The van der Waals surface area contributed by atoms with Crippen LogP contribution in [0.25, 0.3) is 11.4 Å². The molecule has 0 bridgehead atoms. The van der Waals surface area contributed by atoms with E-state index in [9.17, 15) is 4.79 Å². The van der Waals surface area contributed by atoms with Crippen LogP contribution in [0.15, 0.2) is 51.5 Å². The topological polar surface area (TPSA) is 77.7 Å². The molecule has 8 heteroatoms. The Balaban J connectivity index is 1.52. The lowest BCUT2D eigenvalue weighted by molar-refractivity contribution is -0.129. The number of carbonyl (C=O) groups is 1. The zero-order chi connectivity index (χ0) is 21.3. The first-order chi connectivity index (χ1) is 14.5. The van der Waals surface area contributed by atoms with Crippen molar-refractivity contribution < 1.29 is 18.8 Å². The number of nitrogens with zero attached hydrogens (tertiary/aromatic N) is 3. The third-order valence-electron chi connectivity index (χ3n) is 5.39. The van der Waals surface area contributed by atoms with Crippen molar-refractivity contribution in [1.82, 2.24) is 15.0 Å². The number of rotatable bonds is 6. The molecule has 156 valence electrons. The quantitative estimate of drug-likeness (QED) is 0.522. The SMILES string of the molecule is COc1ccc(C(C)N2CC(c3nc(-c4cccc(Br)c4)no3)CC2=O)cc1OC. The highest BCUT2D eigenvalue weighted by Gasteiger charge is 2.37. The summed E-state index contributed by atoms with van der Waals surface area (Å²) in [5, 5.41) is 4.10. The van der Waals surface area contributed by atoms with E-state index in [2.05, 4.69) is 26.1 Å². The van der Waals surface area contributed by atoms with Gasteiger partial charge in [0.25, 0.3) is 0 Å². The Morgan fingerprint density at radius 1 is 1.17 bits per heavy atom. The number of carbonyl (C=O) groups excluding carboxylic acids is 1. The zero-order valence-electron chi connectivity index (χ0n) is 17.0. The Hall–Kier alpha value is -2.87. The Kier molecular flexibility index (Phi) is 5.76. The molecule has 0 aliphatic carbocycles. The molecule has 1 aliphatic rings. The minimum absolute atomic E-state index is 0.0597. The van der Waals surface area contributed by atoms with Crippen LogP contribution >= 0.6 is 15.9 Å². The molecule has 1 saturated heterocycles. The van der Waals surface area contributed by atoms with Crippen molar-refractivity contribution in [3.8, 4) is 22.9 Å². The van der Waals surface area contributed by atoms with Gasteiger partial charge < -0.3 is 18.9 Å². The van der Waals surface area contributed by atoms with Crippen molar-refractivity contribution in [2.45, 2.75) is 25.3 Å². The number of hydrogen-bond donors (Lipinski definition) is 0. The van der Waals surface area contributed by atoms with E-state index in [1.54, 1.807) is 14.2 Å². The molecule has 0 radical (unpaired) electrons. The molecule has 2 aromatic carbocycles. The predicted octanol–water partition coefficient (Wildman–Crippen LogP) is 4.59. The average Bonchev–Trinajstić information content (AvgIpc) is 3.39. The van der Waals surface area contributed by atoms with E-state index < -0.39 is 0 Å². The average molecular weight is 472 g/mol. The second-order valence-electron chi connectivity index (χ2n) is 7.20. The summed E-state index contributed by atoms with van der Waals surface area (Å²) in [6.45, 7) is 2.52. The number of hydrogen-bond acceptors (Lipinski definition) is 6. The summed E-state index contributed by atoms with van der Waals surface area (Å²) >= 11 is 3.45. The monoisotopic (exact) mass is 471 g/mol. The second-order valence-corrected chi connectivity index (χ2v) is 8.12. The maximum atomic E-state index is 12.7. The van der Waals surface area contributed by atoms with Gasteiger partial charge in [-0.3, -0.25) is 4.79 Å². The lowest BCUT2D eigenvalue weighted by Crippen LogP contribution is -2.28. The van der Waals surface area contributed by atoms with Gasteiger partial charge in [0.2, 0.25) is 17.6 Å². The molecule has 30 heavy (non-hydrogen) atoms. The first-order valence-corrected chi connectivity index (χ1v) is 10.4. The van der Waals surface area contributed by atoms with Crippen LogP contribution in [0.2, 0.25) is 0 Å². The molecular formula is C22H22BrN3O4. The summed E-state index contributed by atoms with van der Waals surface area (Å²) in [4.78, 5) is 19.1. The minimum atomic E-state index is -0.131. The maximum absolute atomic E-state index is 12.7. The molecule has 1 aliphatic heterocycles. The van der Waals surface area contributed by atoms with Crippen molar-refractivity contribution in [3.63, 3.8) is 0 Å². The van der Waals surface area contributed by atoms with E-state index in [-0.39, 0.29) is 17.9 Å². The van der Waals surface area contributed by atoms with Crippen molar-refractivity contribution in [2.75, 3.05) is 20.8 Å². The van der Waals surface area contributed by atoms with Gasteiger partial charge in [0, 0.05) is 23.0 Å². The van der Waals surface area contributed by atoms with Gasteiger partial charge in [-0.2, -0.15) is 4.98 Å². The lowest BCUT2D eigenvalue weighted by Gasteiger charge is -2.25. The molecule has 1 fully saturated rings. The van der Waals surface area contributed by atoms with Gasteiger partial charge in [0.05, 0.1) is 26.2 Å². The van der Waals surface area contributed by atoms with Crippen LogP contribution in [0.5, 0.6) is 11.5 Å². The second kappa shape index (κ2) is 8.47. The third kappa shape index (κ3) is 3.92. The van der Waals surface area contributed by atoms with E-state index in [1.807, 2.05) is 54.3 Å². The highest BCUT2D eigenvalue weighted by atomic mass is 79.9. The zero-order valence-corrected chi connectivity index (χ0v) is 18.5. The fourth-order valence-corrected chi connectivity index (χ4v) is 4.11. The largest absolute Gasteiger partial charge is 0.493 e. The van der Waals surface area contributed by atoms with Crippen molar-refractivity contribution in [2.24, 2.45) is 0 Å². The Labute approximate surface area is 183 Å². The fraction of sp³-hybridized carbons (Fsp3) is 0.318. The third-order valence-corrected chi connectivity index (χ3v) is 5.88. The molecule has 2 atom stereocenters. The standard InChI is InChI=1S/C22H22BrN3O4/c1-13(14-7-8-18(28-2)19(10-14)29-3)26-12-16(11-20(26)27)22-24-21(25-30-22)15-5-4-6-17(23)9-15/h4-10,13,16H,11-12H2,1-3H3. The highest BCUT2D eigenvalue weighted by Crippen LogP contribution is 2.37. The van der Waals surface area contributed by atoms with Crippen molar-refractivity contribution >= 4 is 21.8 Å². The van der Waals surface area contributed by atoms with Crippen LogP contribution in [0.3, 0.4) is 0 Å². The predicted molar refractivity (Wildman–Crippen MR) is 114 cm³/mol. The van der Waals surface area contributed by atoms with Crippen LogP contribution < -0.4 is 9.47 Å². The van der Waals surface area contributed by atoms with Gasteiger partial charge in [-0.05, 0) is 36.8 Å². The molecule has 1 aromatic heterocycles. The summed E-state index contributed by atoms with van der Waals surface area (Å²) < 4.78 is 17.1. The van der Waals surface area contributed by atoms with Gasteiger partial charge in [-0.15, -0.1) is 0 Å². The fourth-order valence-electron chi connectivity index (χ4n) is 3.71. The van der Waals surface area contributed by atoms with E-state index >= 15 is 0 Å². The molecule has 0 saturated carbocycles. The van der Waals surface area contributed by atoms with Crippen LogP contribution in [-0.4, -0.2) is 41.7 Å². The highest BCUT2D eigenvalue weighted by molar-refractivity contribution is 9.10. The number of likely N-dealkylation sites (tertiary alicyclic amines) is 1. The molecule has 2 unspecified atom stereocenters. The van der Waals surface area contributed by atoms with E-state index in [0.29, 0.717) is 36.2 Å². The molecule has 2 heterocycles. The van der Waals surface area contributed by atoms with Gasteiger partial charge >= 0.3 is 0 Å². The Bertz CT molecular complexity index is 1070. The summed E-state index contributed by atoms with van der Waals surface area (Å²) in [6.07, 6.45) is 0.345. The number of amides is 1. The summed E-state index contributed by atoms with van der Waals surface area (Å²) in [5.74, 6) is 2.23. The van der Waals surface area contributed by atoms with Gasteiger partial charge in [-0.25, -0.2) is 0 Å². The van der Waals surface area contributed by atoms with E-state index in [0.717, 1.165) is 15.6 Å². The summed E-state index contributed by atoms with van der Waals surface area (Å²) in [6, 6.07) is 13.3. The van der Waals surface area contributed by atoms with Crippen LogP contribution in [0.4, 0.5) is 0 Å². The summed E-state index contributed by atoms with van der Waals surface area (Å²) in [7, 11) is 3.20. The molecule has 0 N–H and O–H groups in total. The van der Waals surface area contributed by atoms with E-state index in [1.165, 1.54) is 0 Å². The number of aromatic nitrogens is 2. The van der Waals surface area contributed by atoms with Crippen molar-refractivity contribution in [3.05, 3.63) is 58.4 Å². The molecule has 1 amide bonds. The number of halogens is 1. The molecule has 0 spiro atoms. The molecular weight excluding hydrogens is 450 g/mol. The first-order valence-electron chi connectivity index (χ1n) is 9.61. The summed E-state index contributed by atoms with van der Waals surface area (Å²) in [5.41, 5.74) is 1.83. The Morgan fingerprint density at radius 2 is 1.97 bits per heavy atom. The smallest absolute Gasteiger partial charge is 0.232 e. The minimum Gasteiger partial charge on any atom is -0.493 e. The molecule has 3 aromatic rings. The Morgan fingerprint density at radius 3 is 2.70 bits per heavy atom. The van der Waals surface area contributed by atoms with Gasteiger partial charge in [0.1, 0.15) is 0 Å². The normalized spacial score (nSPS) is 17.3. The molecule has 7 nitrogen and oxygen atoms in total. The van der Waals surface area contributed by atoms with Crippen LogP contribution in [0, 0.1) is 0 Å². The number of benzene rings is 2. The van der Waals surface area contributed by atoms with Crippen molar-refractivity contribution in [1.29, 1.82) is 0 Å². The number of methoxy groups -OCH3 is 2. The first kappa shape index (κ1) is 20.4. The van der Waals surface area contributed by atoms with E-state index in [4.69, 9.17) is 14.0 Å². The van der Waals surface area contributed by atoms with Crippen LogP contribution in [-0.2, 0) is 4.79 Å². The lowest BCUT2D eigenvalue weighted by atomic mass is 10.1. The van der Waals surface area contributed by atoms with Gasteiger partial charge in [-0.1, -0.05) is 39.3 Å². The number of ether oxygens (including phenoxy) is 2. The van der Waals surface area contributed by atoms with Gasteiger partial charge in [0.15, 0.2) is 11.5 Å². The van der Waals surface area contributed by atoms with Crippen LogP contribution in [0.1, 0.15) is 36.8 Å².